The number of ether oxygens (including phenoxy) is 2. The SMILES string of the molecule is CCOc1cc(C2c3c(oc4ccc(F)cc4c3=O)C(=O)N2CC2CCCO2)ccc1O. The molecule has 0 saturated carbocycles. The van der Waals surface area contributed by atoms with Gasteiger partial charge >= 0.3 is 0 Å². The quantitative estimate of drug-likeness (QED) is 0.651. The molecule has 0 bridgehead atoms. The van der Waals surface area contributed by atoms with Crippen molar-refractivity contribution in [1.29, 1.82) is 0 Å². The molecule has 5 rings (SSSR count). The zero-order valence-corrected chi connectivity index (χ0v) is 17.5. The predicted molar refractivity (Wildman–Crippen MR) is 114 cm³/mol. The van der Waals surface area contributed by atoms with Gasteiger partial charge in [0.25, 0.3) is 5.91 Å². The summed E-state index contributed by atoms with van der Waals surface area (Å²) in [7, 11) is 0. The lowest BCUT2D eigenvalue weighted by molar-refractivity contribution is 0.0486. The molecule has 0 radical (unpaired) electrons. The molecule has 2 atom stereocenters. The van der Waals surface area contributed by atoms with Crippen LogP contribution in [0.5, 0.6) is 11.5 Å². The second kappa shape index (κ2) is 7.94. The van der Waals surface area contributed by atoms with E-state index in [1.54, 1.807) is 24.0 Å². The number of rotatable bonds is 5. The van der Waals surface area contributed by atoms with Crippen molar-refractivity contribution >= 4 is 16.9 Å². The second-order valence-corrected chi connectivity index (χ2v) is 7.97. The summed E-state index contributed by atoms with van der Waals surface area (Å²) >= 11 is 0. The Morgan fingerprint density at radius 3 is 2.81 bits per heavy atom. The van der Waals surface area contributed by atoms with Gasteiger partial charge in [0.1, 0.15) is 11.4 Å². The normalized spacial score (nSPS) is 20.2. The Kier molecular flexibility index (Phi) is 5.09. The predicted octanol–water partition coefficient (Wildman–Crippen LogP) is 3.76. The Hall–Kier alpha value is -3.39. The molecule has 7 nitrogen and oxygen atoms in total. The van der Waals surface area contributed by atoms with E-state index >= 15 is 0 Å². The van der Waals surface area contributed by atoms with Gasteiger partial charge in [0.2, 0.25) is 5.76 Å². The molecule has 32 heavy (non-hydrogen) atoms. The summed E-state index contributed by atoms with van der Waals surface area (Å²) in [4.78, 5) is 28.4. The van der Waals surface area contributed by atoms with Gasteiger partial charge < -0.3 is 23.9 Å². The van der Waals surface area contributed by atoms with Gasteiger partial charge in [0.15, 0.2) is 16.9 Å². The number of fused-ring (bicyclic) bond motifs is 2. The van der Waals surface area contributed by atoms with Crippen molar-refractivity contribution < 1.29 is 28.2 Å². The van der Waals surface area contributed by atoms with Crippen LogP contribution in [0.1, 0.15) is 47.5 Å². The number of hydrogen-bond donors (Lipinski definition) is 1. The summed E-state index contributed by atoms with van der Waals surface area (Å²) in [6, 6.07) is 7.61. The molecule has 1 N–H and O–H groups in total. The number of aromatic hydroxyl groups is 1. The Balaban J connectivity index is 1.70. The van der Waals surface area contributed by atoms with E-state index in [2.05, 4.69) is 0 Å². The molecule has 2 aliphatic heterocycles. The summed E-state index contributed by atoms with van der Waals surface area (Å²) in [6.45, 7) is 3.03. The van der Waals surface area contributed by atoms with Crippen LogP contribution in [0.25, 0.3) is 11.0 Å². The summed E-state index contributed by atoms with van der Waals surface area (Å²) in [5.41, 5.74) is 0.431. The maximum atomic E-state index is 13.9. The number of phenols is 1. The molecule has 8 heteroatoms. The van der Waals surface area contributed by atoms with E-state index in [9.17, 15) is 19.1 Å². The Bertz CT molecular complexity index is 1260. The fraction of sp³-hybridized carbons (Fsp3) is 0.333. The zero-order chi connectivity index (χ0) is 22.4. The van der Waals surface area contributed by atoms with Crippen molar-refractivity contribution in [2.24, 2.45) is 0 Å². The second-order valence-electron chi connectivity index (χ2n) is 7.97. The van der Waals surface area contributed by atoms with E-state index in [0.29, 0.717) is 18.8 Å². The molecule has 1 fully saturated rings. The van der Waals surface area contributed by atoms with Gasteiger partial charge in [-0.15, -0.1) is 0 Å². The number of carbonyl (C=O) groups is 1. The molecule has 0 spiro atoms. The largest absolute Gasteiger partial charge is 0.504 e. The molecule has 2 aromatic carbocycles. The van der Waals surface area contributed by atoms with Crippen molar-refractivity contribution in [2.75, 3.05) is 19.8 Å². The van der Waals surface area contributed by atoms with E-state index in [1.165, 1.54) is 18.2 Å². The summed E-state index contributed by atoms with van der Waals surface area (Å²) in [5.74, 6) is -0.833. The maximum absolute atomic E-state index is 13.9. The number of benzene rings is 2. The van der Waals surface area contributed by atoms with Crippen molar-refractivity contribution in [1.82, 2.24) is 4.90 Å². The third kappa shape index (κ3) is 3.31. The zero-order valence-electron chi connectivity index (χ0n) is 17.5. The number of amides is 1. The summed E-state index contributed by atoms with van der Waals surface area (Å²) in [6.07, 6.45) is 1.56. The van der Waals surface area contributed by atoms with Crippen molar-refractivity contribution in [3.05, 3.63) is 69.3 Å². The summed E-state index contributed by atoms with van der Waals surface area (Å²) in [5, 5.41) is 10.2. The van der Waals surface area contributed by atoms with Gasteiger partial charge in [0.05, 0.1) is 29.7 Å². The van der Waals surface area contributed by atoms with Crippen molar-refractivity contribution in [3.63, 3.8) is 0 Å². The topological polar surface area (TPSA) is 89.2 Å². The van der Waals surface area contributed by atoms with Crippen LogP contribution in [0.2, 0.25) is 0 Å². The summed E-state index contributed by atoms with van der Waals surface area (Å²) < 4.78 is 30.9. The average Bonchev–Trinajstić information content (AvgIpc) is 3.38. The molecule has 3 aromatic rings. The van der Waals surface area contributed by atoms with E-state index in [0.717, 1.165) is 18.9 Å². The minimum absolute atomic E-state index is 0.0431. The van der Waals surface area contributed by atoms with Crippen LogP contribution in [0.3, 0.4) is 0 Å². The lowest BCUT2D eigenvalue weighted by Crippen LogP contribution is -2.36. The van der Waals surface area contributed by atoms with Crippen molar-refractivity contribution in [2.45, 2.75) is 31.9 Å². The maximum Gasteiger partial charge on any atom is 0.291 e. The monoisotopic (exact) mass is 439 g/mol. The van der Waals surface area contributed by atoms with Gasteiger partial charge in [-0.25, -0.2) is 4.39 Å². The number of hydrogen-bond acceptors (Lipinski definition) is 6. The fourth-order valence-electron chi connectivity index (χ4n) is 4.51. The van der Waals surface area contributed by atoms with Crippen LogP contribution in [0, 0.1) is 5.82 Å². The Morgan fingerprint density at radius 2 is 2.06 bits per heavy atom. The smallest absolute Gasteiger partial charge is 0.291 e. The molecular weight excluding hydrogens is 417 g/mol. The van der Waals surface area contributed by atoms with Gasteiger partial charge in [-0.2, -0.15) is 0 Å². The first kappa shape index (κ1) is 20.5. The lowest BCUT2D eigenvalue weighted by Gasteiger charge is -2.27. The number of phenolic OH excluding ortho intramolecular Hbond substituents is 1. The van der Waals surface area contributed by atoms with Crippen LogP contribution in [0.15, 0.2) is 45.6 Å². The minimum atomic E-state index is -0.773. The molecule has 1 aromatic heterocycles. The van der Waals surface area contributed by atoms with Gasteiger partial charge in [0, 0.05) is 13.2 Å². The Morgan fingerprint density at radius 1 is 1.22 bits per heavy atom. The molecular formula is C24H22FNO6. The first-order chi connectivity index (χ1) is 15.5. The average molecular weight is 439 g/mol. The molecule has 1 amide bonds. The standard InChI is InChI=1S/C24H22FNO6/c1-2-30-19-10-13(5-7-17(19)27)21-20-22(28)16-11-14(25)6-8-18(16)32-23(20)24(29)26(21)12-15-4-3-9-31-15/h5-8,10-11,15,21,27H,2-4,9,12H2,1H3. The molecule has 1 saturated heterocycles. The number of carbonyl (C=O) groups excluding carboxylic acids is 1. The van der Waals surface area contributed by atoms with Crippen LogP contribution >= 0.6 is 0 Å². The highest BCUT2D eigenvalue weighted by atomic mass is 19.1. The number of halogens is 1. The van der Waals surface area contributed by atoms with Gasteiger partial charge in [-0.1, -0.05) is 6.07 Å². The highest BCUT2D eigenvalue weighted by Crippen LogP contribution is 2.41. The minimum Gasteiger partial charge on any atom is -0.504 e. The van der Waals surface area contributed by atoms with Crippen LogP contribution in [-0.4, -0.2) is 41.8 Å². The van der Waals surface area contributed by atoms with E-state index in [1.807, 2.05) is 0 Å². The third-order valence-electron chi connectivity index (χ3n) is 5.95. The van der Waals surface area contributed by atoms with Crippen LogP contribution in [-0.2, 0) is 4.74 Å². The Labute approximate surface area is 183 Å². The van der Waals surface area contributed by atoms with E-state index < -0.39 is 23.2 Å². The molecule has 0 aliphatic carbocycles. The number of nitrogens with zero attached hydrogens (tertiary/aromatic N) is 1. The molecule has 3 heterocycles. The lowest BCUT2D eigenvalue weighted by atomic mass is 9.97. The van der Waals surface area contributed by atoms with E-state index in [4.69, 9.17) is 13.9 Å². The van der Waals surface area contributed by atoms with E-state index in [-0.39, 0.29) is 46.4 Å². The molecule has 166 valence electrons. The fourth-order valence-corrected chi connectivity index (χ4v) is 4.51. The van der Waals surface area contributed by atoms with Gasteiger partial charge in [-0.05, 0) is 55.7 Å². The highest BCUT2D eigenvalue weighted by Gasteiger charge is 2.44. The molecule has 2 unspecified atom stereocenters. The first-order valence-electron chi connectivity index (χ1n) is 10.6. The van der Waals surface area contributed by atoms with Crippen LogP contribution in [0.4, 0.5) is 4.39 Å². The van der Waals surface area contributed by atoms with Crippen LogP contribution < -0.4 is 10.2 Å². The van der Waals surface area contributed by atoms with Gasteiger partial charge in [-0.3, -0.25) is 9.59 Å². The van der Waals surface area contributed by atoms with Crippen molar-refractivity contribution in [3.8, 4) is 11.5 Å². The third-order valence-corrected chi connectivity index (χ3v) is 5.95. The first-order valence-corrected chi connectivity index (χ1v) is 10.6. The highest BCUT2D eigenvalue weighted by molar-refractivity contribution is 5.99. The molecule has 2 aliphatic rings.